The molecule has 23 heavy (non-hydrogen) atoms. The minimum atomic E-state index is -1.86. The zero-order valence-electron chi connectivity index (χ0n) is 15.6. The van der Waals surface area contributed by atoms with E-state index in [-0.39, 0.29) is 12.0 Å². The molecule has 0 saturated carbocycles. The molecule has 130 valence electrons. The Labute approximate surface area is 143 Å². The number of hydrogen-bond donors (Lipinski definition) is 0. The molecule has 0 saturated heterocycles. The van der Waals surface area contributed by atoms with Crippen molar-refractivity contribution < 1.29 is 9.53 Å². The lowest BCUT2D eigenvalue weighted by Crippen LogP contribution is -2.42. The van der Waals surface area contributed by atoms with Crippen molar-refractivity contribution in [1.29, 1.82) is 0 Å². The largest absolute Gasteiger partial charge is 0.380 e. The SMILES string of the molecule is CCCCCCC[C@@H](OC)[C@@H](C(=O)[Si](C)(C)C)c1ccccc1. The summed E-state index contributed by atoms with van der Waals surface area (Å²) in [6, 6.07) is 10.2. The zero-order chi connectivity index (χ0) is 17.3. The van der Waals surface area contributed by atoms with Gasteiger partial charge in [-0.05, 0) is 12.0 Å². The molecular weight excluding hydrogens is 300 g/mol. The van der Waals surface area contributed by atoms with Gasteiger partial charge in [0.1, 0.15) is 13.5 Å². The van der Waals surface area contributed by atoms with Crippen LogP contribution >= 0.6 is 0 Å². The lowest BCUT2D eigenvalue weighted by molar-refractivity contribution is -0.117. The standard InChI is InChI=1S/C20H34O2Si/c1-6-7-8-9-13-16-18(22-2)19(20(21)23(3,4)5)17-14-11-10-12-15-17/h10-12,14-15,18-19H,6-9,13,16H2,1-5H3/t18-,19+/m1/s1. The third kappa shape index (κ3) is 6.60. The summed E-state index contributed by atoms with van der Waals surface area (Å²) in [5, 5.41) is 0.407. The minimum absolute atomic E-state index is 0.00162. The second kappa shape index (κ2) is 10.0. The summed E-state index contributed by atoms with van der Waals surface area (Å²) in [7, 11) is -0.110. The summed E-state index contributed by atoms with van der Waals surface area (Å²) >= 11 is 0. The van der Waals surface area contributed by atoms with E-state index in [1.165, 1.54) is 25.7 Å². The van der Waals surface area contributed by atoms with Gasteiger partial charge in [-0.1, -0.05) is 89.0 Å². The predicted octanol–water partition coefficient (Wildman–Crippen LogP) is 5.59. The van der Waals surface area contributed by atoms with Crippen LogP contribution in [0.2, 0.25) is 19.6 Å². The third-order valence-electron chi connectivity index (χ3n) is 4.45. The zero-order valence-corrected chi connectivity index (χ0v) is 16.6. The van der Waals surface area contributed by atoms with E-state index in [9.17, 15) is 4.79 Å². The quantitative estimate of drug-likeness (QED) is 0.389. The Bertz CT molecular complexity index is 450. The Balaban J connectivity index is 2.86. The van der Waals surface area contributed by atoms with Crippen molar-refractivity contribution in [1.82, 2.24) is 0 Å². The van der Waals surface area contributed by atoms with Gasteiger partial charge in [-0.15, -0.1) is 0 Å². The molecule has 0 bridgehead atoms. The molecule has 3 heteroatoms. The van der Waals surface area contributed by atoms with Gasteiger partial charge in [0.25, 0.3) is 0 Å². The molecule has 0 aliphatic heterocycles. The summed E-state index contributed by atoms with van der Waals surface area (Å²) in [5.74, 6) is -0.112. The molecule has 1 aromatic rings. The molecular formula is C20H34O2Si. The Morgan fingerprint density at radius 2 is 1.65 bits per heavy atom. The van der Waals surface area contributed by atoms with Crippen LogP contribution in [0.25, 0.3) is 0 Å². The second-order valence-electron chi connectivity index (χ2n) is 7.48. The van der Waals surface area contributed by atoms with Crippen molar-refractivity contribution in [2.75, 3.05) is 7.11 Å². The highest BCUT2D eigenvalue weighted by Gasteiger charge is 2.37. The molecule has 2 atom stereocenters. The summed E-state index contributed by atoms with van der Waals surface area (Å²) in [4.78, 5) is 13.1. The van der Waals surface area contributed by atoms with E-state index in [0.717, 1.165) is 18.4 Å². The number of unbranched alkanes of at least 4 members (excludes halogenated alkanes) is 4. The number of ether oxygens (including phenoxy) is 1. The molecule has 0 amide bonds. The van der Waals surface area contributed by atoms with E-state index >= 15 is 0 Å². The summed E-state index contributed by atoms with van der Waals surface area (Å²) in [6.45, 7) is 8.65. The van der Waals surface area contributed by atoms with Gasteiger partial charge in [0, 0.05) is 7.11 Å². The van der Waals surface area contributed by atoms with Gasteiger partial charge in [0.05, 0.1) is 12.0 Å². The number of carbonyl (C=O) groups excluding carboxylic acids is 1. The molecule has 0 N–H and O–H groups in total. The van der Waals surface area contributed by atoms with Gasteiger partial charge in [-0.2, -0.15) is 0 Å². The number of carbonyl (C=O) groups is 1. The van der Waals surface area contributed by atoms with Crippen LogP contribution in [0.3, 0.4) is 0 Å². The first kappa shape index (κ1) is 20.1. The summed E-state index contributed by atoms with van der Waals surface area (Å²) in [6.07, 6.45) is 7.18. The fourth-order valence-corrected chi connectivity index (χ4v) is 4.32. The van der Waals surface area contributed by atoms with Crippen LogP contribution in [0.4, 0.5) is 0 Å². The van der Waals surface area contributed by atoms with Crippen LogP contribution in [-0.4, -0.2) is 26.7 Å². The Morgan fingerprint density at radius 1 is 1.04 bits per heavy atom. The number of rotatable bonds is 11. The van der Waals surface area contributed by atoms with Crippen molar-refractivity contribution in [3.05, 3.63) is 35.9 Å². The van der Waals surface area contributed by atoms with Gasteiger partial charge < -0.3 is 9.53 Å². The van der Waals surface area contributed by atoms with Crippen molar-refractivity contribution in [2.24, 2.45) is 0 Å². The average molecular weight is 335 g/mol. The first-order chi connectivity index (χ1) is 10.9. The maximum absolute atomic E-state index is 13.1. The van der Waals surface area contributed by atoms with Crippen molar-refractivity contribution in [3.63, 3.8) is 0 Å². The molecule has 0 spiro atoms. The second-order valence-corrected chi connectivity index (χ2v) is 12.5. The fraction of sp³-hybridized carbons (Fsp3) is 0.650. The number of hydrogen-bond acceptors (Lipinski definition) is 2. The van der Waals surface area contributed by atoms with Gasteiger partial charge in [-0.25, -0.2) is 0 Å². The van der Waals surface area contributed by atoms with Crippen molar-refractivity contribution in [3.8, 4) is 0 Å². The smallest absolute Gasteiger partial charge is 0.124 e. The van der Waals surface area contributed by atoms with Crippen molar-refractivity contribution >= 4 is 13.5 Å². The van der Waals surface area contributed by atoms with Gasteiger partial charge in [-0.3, -0.25) is 0 Å². The Kier molecular flexibility index (Phi) is 8.78. The van der Waals surface area contributed by atoms with Crippen LogP contribution in [0.5, 0.6) is 0 Å². The minimum Gasteiger partial charge on any atom is -0.380 e. The van der Waals surface area contributed by atoms with E-state index in [1.807, 2.05) is 18.2 Å². The van der Waals surface area contributed by atoms with E-state index in [0.29, 0.717) is 5.41 Å². The van der Waals surface area contributed by atoms with Crippen LogP contribution in [0, 0.1) is 0 Å². The molecule has 2 nitrogen and oxygen atoms in total. The maximum atomic E-state index is 13.1. The van der Waals surface area contributed by atoms with Crippen LogP contribution in [0.15, 0.2) is 30.3 Å². The Hall–Kier alpha value is -0.933. The highest BCUT2D eigenvalue weighted by Crippen LogP contribution is 2.30. The van der Waals surface area contributed by atoms with Crippen LogP contribution in [0.1, 0.15) is 56.9 Å². The van der Waals surface area contributed by atoms with Gasteiger partial charge in [0.2, 0.25) is 0 Å². The van der Waals surface area contributed by atoms with Gasteiger partial charge in [0.15, 0.2) is 0 Å². The summed E-state index contributed by atoms with van der Waals surface area (Å²) < 4.78 is 5.79. The topological polar surface area (TPSA) is 26.3 Å². The number of methoxy groups -OCH3 is 1. The molecule has 1 rings (SSSR count). The molecule has 0 unspecified atom stereocenters. The Morgan fingerprint density at radius 3 is 2.17 bits per heavy atom. The predicted molar refractivity (Wildman–Crippen MR) is 102 cm³/mol. The lowest BCUT2D eigenvalue weighted by Gasteiger charge is -2.30. The van der Waals surface area contributed by atoms with E-state index in [2.05, 4.69) is 38.7 Å². The first-order valence-electron chi connectivity index (χ1n) is 9.03. The van der Waals surface area contributed by atoms with E-state index in [4.69, 9.17) is 4.74 Å². The molecule has 0 aliphatic rings. The van der Waals surface area contributed by atoms with Crippen molar-refractivity contribution in [2.45, 2.75) is 77.1 Å². The summed E-state index contributed by atoms with van der Waals surface area (Å²) in [5.41, 5.74) is 1.11. The fourth-order valence-electron chi connectivity index (χ4n) is 3.03. The monoisotopic (exact) mass is 334 g/mol. The molecule has 0 heterocycles. The highest BCUT2D eigenvalue weighted by molar-refractivity contribution is 7.04. The first-order valence-corrected chi connectivity index (χ1v) is 12.5. The average Bonchev–Trinajstić information content (AvgIpc) is 2.53. The highest BCUT2D eigenvalue weighted by atomic mass is 28.3. The molecule has 0 aromatic heterocycles. The lowest BCUT2D eigenvalue weighted by atomic mass is 9.91. The maximum Gasteiger partial charge on any atom is 0.124 e. The molecule has 0 fully saturated rings. The van der Waals surface area contributed by atoms with Crippen LogP contribution < -0.4 is 0 Å². The van der Waals surface area contributed by atoms with Crippen LogP contribution in [-0.2, 0) is 9.53 Å². The van der Waals surface area contributed by atoms with E-state index < -0.39 is 8.07 Å². The van der Waals surface area contributed by atoms with E-state index in [1.54, 1.807) is 7.11 Å². The van der Waals surface area contributed by atoms with Gasteiger partial charge >= 0.3 is 0 Å². The molecule has 0 radical (unpaired) electrons. The third-order valence-corrected chi connectivity index (χ3v) is 6.24. The number of benzene rings is 1. The normalized spacial score (nSPS) is 14.5. The molecule has 1 aromatic carbocycles. The molecule has 0 aliphatic carbocycles.